The van der Waals surface area contributed by atoms with E-state index in [1.807, 2.05) is 30.5 Å². The Morgan fingerprint density at radius 3 is 2.83 bits per heavy atom. The van der Waals surface area contributed by atoms with Gasteiger partial charge >= 0.3 is 6.03 Å². The van der Waals surface area contributed by atoms with Crippen molar-refractivity contribution in [2.75, 3.05) is 6.54 Å². The van der Waals surface area contributed by atoms with Gasteiger partial charge in [0.15, 0.2) is 0 Å². The zero-order valence-electron chi connectivity index (χ0n) is 9.93. The van der Waals surface area contributed by atoms with E-state index in [0.29, 0.717) is 6.54 Å². The highest BCUT2D eigenvalue weighted by atomic mass is 16.2. The summed E-state index contributed by atoms with van der Waals surface area (Å²) >= 11 is 0. The number of rotatable bonds is 1. The molecule has 0 unspecified atom stereocenters. The van der Waals surface area contributed by atoms with Gasteiger partial charge in [-0.1, -0.05) is 18.2 Å². The summed E-state index contributed by atoms with van der Waals surface area (Å²) in [7, 11) is 0. The fourth-order valence-electron chi connectivity index (χ4n) is 2.39. The smallest absolute Gasteiger partial charge is 0.315 e. The van der Waals surface area contributed by atoms with Crippen molar-refractivity contribution < 1.29 is 9.59 Å². The molecule has 5 nitrogen and oxygen atoms in total. The predicted octanol–water partition coefficient (Wildman–Crippen LogP) is 1.66. The second-order valence-corrected chi connectivity index (χ2v) is 4.40. The second kappa shape index (κ2) is 3.87. The van der Waals surface area contributed by atoms with Crippen molar-refractivity contribution in [3.63, 3.8) is 0 Å². The van der Waals surface area contributed by atoms with E-state index in [9.17, 15) is 9.59 Å². The van der Waals surface area contributed by atoms with Gasteiger partial charge in [-0.25, -0.2) is 4.79 Å². The van der Waals surface area contributed by atoms with Crippen LogP contribution >= 0.6 is 0 Å². The number of aromatic nitrogens is 1. The van der Waals surface area contributed by atoms with E-state index in [1.54, 1.807) is 4.57 Å². The molecule has 2 heterocycles. The van der Waals surface area contributed by atoms with Crippen LogP contribution in [0, 0.1) is 0 Å². The molecule has 0 radical (unpaired) electrons. The van der Waals surface area contributed by atoms with Crippen LogP contribution in [0.4, 0.5) is 4.79 Å². The van der Waals surface area contributed by atoms with Crippen molar-refractivity contribution in [1.82, 2.24) is 15.2 Å². The van der Waals surface area contributed by atoms with Crippen LogP contribution in [-0.2, 0) is 0 Å². The van der Waals surface area contributed by atoms with Gasteiger partial charge in [0.1, 0.15) is 0 Å². The minimum atomic E-state index is -0.167. The first-order valence-corrected chi connectivity index (χ1v) is 5.82. The number of urea groups is 1. The Bertz CT molecular complexity index is 645. The third-order valence-corrected chi connectivity index (χ3v) is 3.23. The average Bonchev–Trinajstić information content (AvgIpc) is 2.92. The Kier molecular flexibility index (Phi) is 2.33. The number of para-hydroxylation sites is 1. The number of nitrogens with one attached hydrogen (secondary N) is 2. The number of nitrogens with zero attached hydrogens (tertiary/aromatic N) is 1. The van der Waals surface area contributed by atoms with Crippen molar-refractivity contribution in [2.45, 2.75) is 13.0 Å². The van der Waals surface area contributed by atoms with E-state index in [0.717, 1.165) is 16.5 Å². The van der Waals surface area contributed by atoms with Gasteiger partial charge < -0.3 is 10.6 Å². The predicted molar refractivity (Wildman–Crippen MR) is 67.5 cm³/mol. The van der Waals surface area contributed by atoms with Crippen LogP contribution in [-0.4, -0.2) is 23.1 Å². The number of benzene rings is 1. The Labute approximate surface area is 104 Å². The van der Waals surface area contributed by atoms with E-state index in [-0.39, 0.29) is 18.0 Å². The number of hydrogen-bond donors (Lipinski definition) is 2. The molecule has 1 fully saturated rings. The summed E-state index contributed by atoms with van der Waals surface area (Å²) < 4.78 is 1.62. The fourth-order valence-corrected chi connectivity index (χ4v) is 2.39. The summed E-state index contributed by atoms with van der Waals surface area (Å²) in [6.07, 6.45) is 1.81. The van der Waals surface area contributed by atoms with E-state index in [1.165, 1.54) is 6.92 Å². The van der Waals surface area contributed by atoms with Crippen LogP contribution in [0.25, 0.3) is 10.9 Å². The number of hydrogen-bond acceptors (Lipinski definition) is 2. The first-order chi connectivity index (χ1) is 8.66. The van der Waals surface area contributed by atoms with Crippen molar-refractivity contribution in [1.29, 1.82) is 0 Å². The molecular formula is C13H13N3O2. The summed E-state index contributed by atoms with van der Waals surface area (Å²) in [6, 6.07) is 7.46. The lowest BCUT2D eigenvalue weighted by molar-refractivity contribution is 0.0941. The van der Waals surface area contributed by atoms with Gasteiger partial charge in [0.2, 0.25) is 5.91 Å². The molecule has 1 aromatic carbocycles. The Morgan fingerprint density at radius 2 is 2.17 bits per heavy atom. The maximum absolute atomic E-state index is 11.6. The summed E-state index contributed by atoms with van der Waals surface area (Å²) in [5.41, 5.74) is 1.85. The zero-order chi connectivity index (χ0) is 12.7. The number of fused-ring (bicyclic) bond motifs is 1. The summed E-state index contributed by atoms with van der Waals surface area (Å²) in [5.74, 6) is -0.0327. The summed E-state index contributed by atoms with van der Waals surface area (Å²) in [6.45, 7) is 2.08. The lowest BCUT2D eigenvalue weighted by atomic mass is 10.1. The maximum Gasteiger partial charge on any atom is 0.315 e. The quantitative estimate of drug-likeness (QED) is 0.800. The molecule has 1 aromatic heterocycles. The molecule has 0 spiro atoms. The normalized spacial score (nSPS) is 18.7. The largest absolute Gasteiger partial charge is 0.336 e. The molecule has 1 saturated heterocycles. The molecule has 0 aliphatic carbocycles. The molecule has 0 saturated carbocycles. The minimum absolute atomic E-state index is 0.0327. The van der Waals surface area contributed by atoms with E-state index in [4.69, 9.17) is 0 Å². The highest BCUT2D eigenvalue weighted by Crippen LogP contribution is 2.27. The van der Waals surface area contributed by atoms with Gasteiger partial charge in [-0.2, -0.15) is 0 Å². The van der Waals surface area contributed by atoms with Gasteiger partial charge in [0.05, 0.1) is 11.6 Å². The highest BCUT2D eigenvalue weighted by Gasteiger charge is 2.25. The average molecular weight is 243 g/mol. The van der Waals surface area contributed by atoms with Gasteiger partial charge in [0.25, 0.3) is 0 Å². The molecule has 2 amide bonds. The number of carbonyl (C=O) groups is 2. The second-order valence-electron chi connectivity index (χ2n) is 4.40. The monoisotopic (exact) mass is 243 g/mol. The third kappa shape index (κ3) is 1.55. The molecule has 1 aliphatic heterocycles. The molecule has 1 atom stereocenters. The standard InChI is InChI=1S/C13H13N3O2/c1-8(17)16-7-10(11-6-14-13(18)15-11)9-4-2-3-5-12(9)16/h2-5,7,11H,6H2,1H3,(H2,14,15,18)/t11-/m1/s1. The van der Waals surface area contributed by atoms with Crippen molar-refractivity contribution >= 4 is 22.8 Å². The van der Waals surface area contributed by atoms with Gasteiger partial charge in [-0.3, -0.25) is 9.36 Å². The van der Waals surface area contributed by atoms with Crippen LogP contribution in [0.5, 0.6) is 0 Å². The van der Waals surface area contributed by atoms with Crippen molar-refractivity contribution in [3.8, 4) is 0 Å². The van der Waals surface area contributed by atoms with Gasteiger partial charge in [-0.05, 0) is 6.07 Å². The summed E-state index contributed by atoms with van der Waals surface area (Å²) in [4.78, 5) is 22.8. The first-order valence-electron chi connectivity index (χ1n) is 5.82. The maximum atomic E-state index is 11.6. The molecule has 5 heteroatoms. The molecular weight excluding hydrogens is 230 g/mol. The van der Waals surface area contributed by atoms with Crippen LogP contribution < -0.4 is 10.6 Å². The molecule has 2 aromatic rings. The molecule has 18 heavy (non-hydrogen) atoms. The highest BCUT2D eigenvalue weighted by molar-refractivity contribution is 5.94. The van der Waals surface area contributed by atoms with E-state index in [2.05, 4.69) is 10.6 Å². The molecule has 1 aliphatic rings. The van der Waals surface area contributed by atoms with Crippen LogP contribution in [0.3, 0.4) is 0 Å². The minimum Gasteiger partial charge on any atom is -0.336 e. The lowest BCUT2D eigenvalue weighted by Gasteiger charge is -2.06. The van der Waals surface area contributed by atoms with Gasteiger partial charge in [-0.15, -0.1) is 0 Å². The Hall–Kier alpha value is -2.30. The first kappa shape index (κ1) is 10.8. The Morgan fingerprint density at radius 1 is 1.39 bits per heavy atom. The van der Waals surface area contributed by atoms with Crippen molar-refractivity contribution in [3.05, 3.63) is 36.0 Å². The molecule has 92 valence electrons. The molecule has 3 rings (SSSR count). The van der Waals surface area contributed by atoms with E-state index < -0.39 is 0 Å². The number of amides is 2. The summed E-state index contributed by atoms with van der Waals surface area (Å²) in [5, 5.41) is 6.57. The van der Waals surface area contributed by atoms with Crippen LogP contribution in [0.2, 0.25) is 0 Å². The number of carbonyl (C=O) groups excluding carboxylic acids is 2. The van der Waals surface area contributed by atoms with Crippen LogP contribution in [0.1, 0.15) is 23.3 Å². The van der Waals surface area contributed by atoms with E-state index >= 15 is 0 Å². The topological polar surface area (TPSA) is 63.1 Å². The Balaban J connectivity index is 2.17. The van der Waals surface area contributed by atoms with Crippen LogP contribution in [0.15, 0.2) is 30.5 Å². The zero-order valence-corrected chi connectivity index (χ0v) is 9.93. The fraction of sp³-hybridized carbons (Fsp3) is 0.231. The lowest BCUT2D eigenvalue weighted by Crippen LogP contribution is -2.21. The molecule has 2 N–H and O–H groups in total. The van der Waals surface area contributed by atoms with Gasteiger partial charge in [0, 0.05) is 30.6 Å². The van der Waals surface area contributed by atoms with Crippen molar-refractivity contribution in [2.24, 2.45) is 0 Å². The third-order valence-electron chi connectivity index (χ3n) is 3.23. The SMILES string of the molecule is CC(=O)n1cc([C@H]2CNC(=O)N2)c2ccccc21. The molecule has 0 bridgehead atoms.